The van der Waals surface area contributed by atoms with E-state index in [9.17, 15) is 22.9 Å². The zero-order valence-corrected chi connectivity index (χ0v) is 24.1. The molecular formula is C27H31F2N3O5S2. The number of halogens is 2. The van der Waals surface area contributed by atoms with Crippen LogP contribution in [0.15, 0.2) is 45.1 Å². The molecule has 1 amide bonds. The van der Waals surface area contributed by atoms with Crippen molar-refractivity contribution in [1.82, 2.24) is 4.98 Å². The Balaban J connectivity index is 1.72. The summed E-state index contributed by atoms with van der Waals surface area (Å²) < 4.78 is 53.3. The summed E-state index contributed by atoms with van der Waals surface area (Å²) in [6.07, 6.45) is -2.57. The first-order valence-corrected chi connectivity index (χ1v) is 14.7. The number of nitrogens with two attached hydrogens (primary N) is 1. The third-order valence-corrected chi connectivity index (χ3v) is 9.39. The highest BCUT2D eigenvalue weighted by atomic mass is 32.2. The van der Waals surface area contributed by atoms with Gasteiger partial charge in [0.15, 0.2) is 21.4 Å². The lowest BCUT2D eigenvalue weighted by molar-refractivity contribution is -0.286. The Morgan fingerprint density at radius 3 is 2.23 bits per heavy atom. The van der Waals surface area contributed by atoms with E-state index in [1.54, 1.807) is 19.9 Å². The molecule has 8 nitrogen and oxygen atoms in total. The highest BCUT2D eigenvalue weighted by Gasteiger charge is 2.43. The van der Waals surface area contributed by atoms with Crippen molar-refractivity contribution in [1.29, 1.82) is 0 Å². The molecule has 210 valence electrons. The van der Waals surface area contributed by atoms with E-state index in [-0.39, 0.29) is 34.0 Å². The fraction of sp³-hybridized carbons (Fsp3) is 0.407. The predicted molar refractivity (Wildman–Crippen MR) is 145 cm³/mol. The van der Waals surface area contributed by atoms with Gasteiger partial charge in [0.25, 0.3) is 5.91 Å². The van der Waals surface area contributed by atoms with E-state index >= 15 is 0 Å². The number of nitrogens with zero attached hydrogens (tertiary/aromatic N) is 2. The number of rotatable bonds is 7. The molecule has 1 aromatic heterocycles. The molecule has 1 aliphatic rings. The molecule has 2 aromatic carbocycles. The number of hydrogen-bond acceptors (Lipinski definition) is 7. The summed E-state index contributed by atoms with van der Waals surface area (Å²) in [6.45, 7) is 11.0. The van der Waals surface area contributed by atoms with Gasteiger partial charge in [-0.3, -0.25) is 4.79 Å². The van der Waals surface area contributed by atoms with Gasteiger partial charge in [0.05, 0.1) is 12.6 Å². The van der Waals surface area contributed by atoms with Crippen LogP contribution in [-0.4, -0.2) is 26.5 Å². The molecule has 1 atom stereocenters. The van der Waals surface area contributed by atoms with Gasteiger partial charge in [0, 0.05) is 0 Å². The number of carbonyl (C=O) groups is 1. The van der Waals surface area contributed by atoms with Crippen molar-refractivity contribution >= 4 is 27.2 Å². The minimum atomic E-state index is -3.71. The van der Waals surface area contributed by atoms with Crippen molar-refractivity contribution in [3.8, 4) is 22.6 Å². The quantitative estimate of drug-likeness (QED) is 0.350. The summed E-state index contributed by atoms with van der Waals surface area (Å²) >= 11 is 0.945. The normalized spacial score (nSPS) is 16.0. The summed E-state index contributed by atoms with van der Waals surface area (Å²) in [7, 11) is -3.57. The zero-order valence-electron chi connectivity index (χ0n) is 22.5. The van der Waals surface area contributed by atoms with Gasteiger partial charge in [-0.1, -0.05) is 45.9 Å². The van der Waals surface area contributed by atoms with Crippen molar-refractivity contribution in [2.24, 2.45) is 9.50 Å². The molecule has 4 rings (SSSR count). The van der Waals surface area contributed by atoms with E-state index in [2.05, 4.69) is 18.8 Å². The minimum Gasteiger partial charge on any atom is -0.395 e. The number of benzene rings is 2. The van der Waals surface area contributed by atoms with Crippen LogP contribution in [-0.2, 0) is 26.7 Å². The molecule has 1 aliphatic heterocycles. The van der Waals surface area contributed by atoms with Crippen LogP contribution in [0.25, 0.3) is 11.1 Å². The van der Waals surface area contributed by atoms with Crippen molar-refractivity contribution in [3.05, 3.63) is 58.2 Å². The molecule has 1 unspecified atom stereocenters. The number of amides is 1. The number of hydrogen-bond donors (Lipinski definition) is 2. The summed E-state index contributed by atoms with van der Waals surface area (Å²) in [5.74, 6) is -0.742. The smallest absolute Gasteiger partial charge is 0.395 e. The molecule has 3 N–H and O–H groups in total. The lowest BCUT2D eigenvalue weighted by Crippen LogP contribution is -2.25. The van der Waals surface area contributed by atoms with E-state index in [4.69, 9.17) is 5.14 Å². The van der Waals surface area contributed by atoms with E-state index in [0.29, 0.717) is 10.6 Å². The second-order valence-electron chi connectivity index (χ2n) is 10.5. The minimum absolute atomic E-state index is 0.00154. The van der Waals surface area contributed by atoms with Crippen molar-refractivity contribution in [2.45, 2.75) is 75.9 Å². The molecule has 0 aliphatic carbocycles. The van der Waals surface area contributed by atoms with E-state index in [1.807, 2.05) is 39.8 Å². The van der Waals surface area contributed by atoms with Gasteiger partial charge in [0.1, 0.15) is 14.8 Å². The van der Waals surface area contributed by atoms with Crippen molar-refractivity contribution < 1.29 is 32.4 Å². The van der Waals surface area contributed by atoms with E-state index in [1.165, 1.54) is 18.3 Å². The van der Waals surface area contributed by atoms with Gasteiger partial charge in [-0.05, 0) is 65.6 Å². The number of thiazole rings is 1. The summed E-state index contributed by atoms with van der Waals surface area (Å²) in [6, 6.07) is 8.43. The van der Waals surface area contributed by atoms with Gasteiger partial charge in [-0.15, -0.1) is 24.5 Å². The molecule has 0 saturated heterocycles. The second kappa shape index (κ2) is 10.2. The monoisotopic (exact) mass is 579 g/mol. The fourth-order valence-electron chi connectivity index (χ4n) is 4.30. The molecule has 39 heavy (non-hydrogen) atoms. The van der Waals surface area contributed by atoms with Crippen LogP contribution in [0.1, 0.15) is 75.1 Å². The van der Waals surface area contributed by atoms with E-state index in [0.717, 1.165) is 33.6 Å². The first kappa shape index (κ1) is 29.1. The Bertz CT molecular complexity index is 1520. The number of ether oxygens (including phenoxy) is 2. The Labute approximate surface area is 230 Å². The highest BCUT2D eigenvalue weighted by molar-refractivity contribution is 7.93. The lowest BCUT2D eigenvalue weighted by atomic mass is 9.84. The largest absolute Gasteiger partial charge is 0.586 e. The SMILES string of the molecule is CC(C)c1cc(-c2ccc3c(c2)OC(F)(F)O3)cc(C(C)C)c1CC(=O)N=S(N)(=O)c1cnc(C(C)(C)O)s1. The summed E-state index contributed by atoms with van der Waals surface area (Å²) in [5, 5.41) is 16.4. The molecule has 2 heterocycles. The fourth-order valence-corrected chi connectivity index (χ4v) is 6.44. The molecule has 3 aromatic rings. The molecule has 0 radical (unpaired) electrons. The van der Waals surface area contributed by atoms with Crippen LogP contribution in [0.3, 0.4) is 0 Å². The van der Waals surface area contributed by atoms with Gasteiger partial charge in [-0.25, -0.2) is 14.3 Å². The van der Waals surface area contributed by atoms with Crippen LogP contribution in [0.5, 0.6) is 11.5 Å². The predicted octanol–water partition coefficient (Wildman–Crippen LogP) is 6.08. The number of fused-ring (bicyclic) bond motifs is 1. The maximum Gasteiger partial charge on any atom is 0.586 e. The average Bonchev–Trinajstić information content (AvgIpc) is 3.42. The molecule has 0 saturated carbocycles. The molecule has 0 spiro atoms. The Kier molecular flexibility index (Phi) is 7.63. The number of alkyl halides is 2. The van der Waals surface area contributed by atoms with E-state index < -0.39 is 27.7 Å². The van der Waals surface area contributed by atoms with Gasteiger partial charge in [0.2, 0.25) is 0 Å². The van der Waals surface area contributed by atoms with Crippen molar-refractivity contribution in [3.63, 3.8) is 0 Å². The topological polar surface area (TPSA) is 124 Å². The standard InChI is InChI=1S/C27H31F2N3O5S2/c1-14(2)18-9-17(16-7-8-21-22(11-16)37-27(28,29)36-21)10-19(15(3)4)20(18)12-23(33)32-39(30,35)24-13-31-25(38-24)26(5,6)34/h7-11,13-15,34H,12H2,1-6H3,(H2,30,32,33,35). The Morgan fingerprint density at radius 1 is 1.10 bits per heavy atom. The lowest BCUT2D eigenvalue weighted by Gasteiger charge is -2.21. The van der Waals surface area contributed by atoms with Crippen LogP contribution in [0.4, 0.5) is 8.78 Å². The summed E-state index contributed by atoms with van der Waals surface area (Å²) in [5.41, 5.74) is 2.66. The molecular weight excluding hydrogens is 548 g/mol. The Hall–Kier alpha value is -2.93. The van der Waals surface area contributed by atoms with Crippen molar-refractivity contribution in [2.75, 3.05) is 0 Å². The molecule has 12 heteroatoms. The third-order valence-electron chi connectivity index (χ3n) is 6.16. The maximum atomic E-state index is 13.5. The molecule has 0 fully saturated rings. The van der Waals surface area contributed by atoms with Crippen LogP contribution in [0.2, 0.25) is 0 Å². The number of aromatic nitrogens is 1. The maximum absolute atomic E-state index is 13.5. The van der Waals surface area contributed by atoms with Gasteiger partial charge in [-0.2, -0.15) is 0 Å². The molecule has 0 bridgehead atoms. The zero-order chi connectivity index (χ0) is 28.9. The Morgan fingerprint density at radius 2 is 1.69 bits per heavy atom. The summed E-state index contributed by atoms with van der Waals surface area (Å²) in [4.78, 5) is 17.2. The third kappa shape index (κ3) is 6.29. The number of aliphatic hydroxyl groups is 1. The van der Waals surface area contributed by atoms with Gasteiger partial charge < -0.3 is 14.6 Å². The first-order chi connectivity index (χ1) is 18.0. The highest BCUT2D eigenvalue weighted by Crippen LogP contribution is 2.44. The first-order valence-electron chi connectivity index (χ1n) is 12.3. The second-order valence-corrected chi connectivity index (χ2v) is 13.6. The number of carbonyl (C=O) groups excluding carboxylic acids is 1. The van der Waals surface area contributed by atoms with Crippen LogP contribution < -0.4 is 14.6 Å². The van der Waals surface area contributed by atoms with Crippen LogP contribution in [0, 0.1) is 0 Å². The average molecular weight is 580 g/mol. The van der Waals surface area contributed by atoms with Gasteiger partial charge >= 0.3 is 6.29 Å². The van der Waals surface area contributed by atoms with Crippen LogP contribution >= 0.6 is 11.3 Å².